The second kappa shape index (κ2) is 8.50. The Kier molecular flexibility index (Phi) is 6.74. The van der Waals surface area contributed by atoms with Crippen molar-refractivity contribution in [2.24, 2.45) is 0 Å². The van der Waals surface area contributed by atoms with E-state index in [0.717, 1.165) is 5.56 Å². The van der Waals surface area contributed by atoms with Crippen LogP contribution in [0.4, 0.5) is 11.4 Å². The van der Waals surface area contributed by atoms with Gasteiger partial charge in [0.2, 0.25) is 10.0 Å². The minimum Gasteiger partial charge on any atom is -0.386 e. The zero-order valence-electron chi connectivity index (χ0n) is 16.8. The molecule has 2 rings (SSSR count). The van der Waals surface area contributed by atoms with Crippen LogP contribution in [-0.4, -0.2) is 41.3 Å². The van der Waals surface area contributed by atoms with E-state index in [2.05, 4.69) is 10.0 Å². The smallest absolute Gasteiger partial charge is 0.262 e. The molecule has 0 saturated carbocycles. The number of benzene rings is 2. The van der Waals surface area contributed by atoms with Gasteiger partial charge in [-0.3, -0.25) is 4.72 Å². The Morgan fingerprint density at radius 1 is 0.893 bits per heavy atom. The van der Waals surface area contributed by atoms with Gasteiger partial charge in [0.05, 0.1) is 21.2 Å². The van der Waals surface area contributed by atoms with Gasteiger partial charge in [0.1, 0.15) is 0 Å². The summed E-state index contributed by atoms with van der Waals surface area (Å²) in [4.78, 5) is 0.195. The molecule has 28 heavy (non-hydrogen) atoms. The largest absolute Gasteiger partial charge is 0.386 e. The number of nitrogens with zero attached hydrogens (tertiary/aromatic N) is 1. The van der Waals surface area contributed by atoms with Crippen molar-refractivity contribution in [1.29, 1.82) is 0 Å². The number of sulfonamides is 2. The van der Waals surface area contributed by atoms with Gasteiger partial charge in [-0.25, -0.2) is 16.8 Å². The van der Waals surface area contributed by atoms with Crippen LogP contribution in [0.25, 0.3) is 0 Å². The molecule has 0 radical (unpaired) electrons. The second-order valence-corrected chi connectivity index (χ2v) is 10.0. The fraction of sp³-hybridized carbons (Fsp3) is 0.368. The van der Waals surface area contributed by atoms with Crippen LogP contribution >= 0.6 is 0 Å². The molecule has 0 atom stereocenters. The van der Waals surface area contributed by atoms with Crippen molar-refractivity contribution < 1.29 is 16.8 Å². The van der Waals surface area contributed by atoms with E-state index < -0.39 is 20.0 Å². The molecule has 0 aliphatic heterocycles. The molecule has 0 aliphatic carbocycles. The lowest BCUT2D eigenvalue weighted by molar-refractivity contribution is 0.445. The molecule has 0 aromatic heterocycles. The Morgan fingerprint density at radius 2 is 1.54 bits per heavy atom. The lowest BCUT2D eigenvalue weighted by Gasteiger charge is -2.20. The quantitative estimate of drug-likeness (QED) is 0.677. The molecular weight excluding hydrogens is 398 g/mol. The van der Waals surface area contributed by atoms with Crippen LogP contribution < -0.4 is 10.0 Å². The van der Waals surface area contributed by atoms with Crippen LogP contribution in [-0.2, 0) is 20.0 Å². The summed E-state index contributed by atoms with van der Waals surface area (Å²) in [6.45, 7) is 7.70. The molecule has 0 fully saturated rings. The standard InChI is InChI=1S/C19H27N3O4S2/c1-6-22(7-2)28(25,26)16-10-11-17(20-5)18(13-16)21-27(23,24)19-12-14(3)8-9-15(19)4/h8-13,20-21H,6-7H2,1-5H3. The summed E-state index contributed by atoms with van der Waals surface area (Å²) >= 11 is 0. The average molecular weight is 426 g/mol. The lowest BCUT2D eigenvalue weighted by Crippen LogP contribution is -2.30. The van der Waals surface area contributed by atoms with E-state index in [1.807, 2.05) is 13.0 Å². The van der Waals surface area contributed by atoms with Crippen LogP contribution in [0.15, 0.2) is 46.2 Å². The maximum atomic E-state index is 13.0. The van der Waals surface area contributed by atoms with Crippen molar-refractivity contribution in [3.63, 3.8) is 0 Å². The Hall–Kier alpha value is -2.10. The summed E-state index contributed by atoms with van der Waals surface area (Å²) in [5.74, 6) is 0. The van der Waals surface area contributed by atoms with Crippen molar-refractivity contribution in [3.05, 3.63) is 47.5 Å². The van der Waals surface area contributed by atoms with Crippen molar-refractivity contribution >= 4 is 31.4 Å². The monoisotopic (exact) mass is 425 g/mol. The van der Waals surface area contributed by atoms with Gasteiger partial charge in [-0.2, -0.15) is 4.31 Å². The zero-order valence-corrected chi connectivity index (χ0v) is 18.4. The molecule has 0 spiro atoms. The summed E-state index contributed by atoms with van der Waals surface area (Å²) in [5.41, 5.74) is 2.08. The van der Waals surface area contributed by atoms with E-state index in [0.29, 0.717) is 24.3 Å². The van der Waals surface area contributed by atoms with Gasteiger partial charge in [-0.15, -0.1) is 0 Å². The first-order chi connectivity index (χ1) is 13.1. The first-order valence-corrected chi connectivity index (χ1v) is 11.9. The van der Waals surface area contributed by atoms with Gasteiger partial charge in [0.25, 0.3) is 10.0 Å². The van der Waals surface area contributed by atoms with Crippen molar-refractivity contribution in [3.8, 4) is 0 Å². The third-order valence-corrected chi connectivity index (χ3v) is 8.03. The molecule has 0 bridgehead atoms. The molecule has 0 saturated heterocycles. The van der Waals surface area contributed by atoms with Crippen LogP contribution in [0.2, 0.25) is 0 Å². The Morgan fingerprint density at radius 3 is 2.11 bits per heavy atom. The maximum absolute atomic E-state index is 13.0. The summed E-state index contributed by atoms with van der Waals surface area (Å²) in [6.07, 6.45) is 0. The fourth-order valence-electron chi connectivity index (χ4n) is 2.90. The first-order valence-electron chi connectivity index (χ1n) is 8.98. The predicted molar refractivity (Wildman–Crippen MR) is 113 cm³/mol. The normalized spacial score (nSPS) is 12.2. The van der Waals surface area contributed by atoms with Crippen molar-refractivity contribution in [2.45, 2.75) is 37.5 Å². The van der Waals surface area contributed by atoms with Gasteiger partial charge < -0.3 is 5.32 Å². The first kappa shape index (κ1) is 22.2. The highest BCUT2D eigenvalue weighted by Gasteiger charge is 2.24. The number of aryl methyl sites for hydroxylation is 2. The fourth-order valence-corrected chi connectivity index (χ4v) is 5.78. The minimum absolute atomic E-state index is 0.0360. The van der Waals surface area contributed by atoms with Gasteiger partial charge in [-0.05, 0) is 49.2 Å². The highest BCUT2D eigenvalue weighted by Crippen LogP contribution is 2.30. The molecule has 154 valence electrons. The number of anilines is 2. The molecule has 9 heteroatoms. The van der Waals surface area contributed by atoms with Crippen LogP contribution in [0.3, 0.4) is 0 Å². The minimum atomic E-state index is -3.89. The molecule has 0 heterocycles. The highest BCUT2D eigenvalue weighted by molar-refractivity contribution is 7.92. The molecule has 0 amide bonds. The molecule has 2 aromatic carbocycles. The molecule has 7 nitrogen and oxygen atoms in total. The van der Waals surface area contributed by atoms with Gasteiger partial charge in [-0.1, -0.05) is 26.0 Å². The molecule has 2 N–H and O–H groups in total. The number of rotatable bonds is 8. The van der Waals surface area contributed by atoms with Gasteiger partial charge in [0, 0.05) is 20.1 Å². The Labute approximate surface area is 167 Å². The lowest BCUT2D eigenvalue weighted by atomic mass is 10.2. The van der Waals surface area contributed by atoms with E-state index >= 15 is 0 Å². The van der Waals surface area contributed by atoms with Crippen molar-refractivity contribution in [2.75, 3.05) is 30.2 Å². The summed E-state index contributed by atoms with van der Waals surface area (Å²) in [7, 11) is -5.96. The van der Waals surface area contributed by atoms with Crippen LogP contribution in [0.5, 0.6) is 0 Å². The molecule has 2 aromatic rings. The summed E-state index contributed by atoms with van der Waals surface area (Å²) in [6, 6.07) is 9.54. The van der Waals surface area contributed by atoms with Crippen molar-refractivity contribution in [1.82, 2.24) is 4.31 Å². The van der Waals surface area contributed by atoms with Crippen LogP contribution in [0.1, 0.15) is 25.0 Å². The molecule has 0 unspecified atom stereocenters. The number of hydrogen-bond acceptors (Lipinski definition) is 5. The topological polar surface area (TPSA) is 95.6 Å². The van der Waals surface area contributed by atoms with Crippen LogP contribution in [0, 0.1) is 13.8 Å². The summed E-state index contributed by atoms with van der Waals surface area (Å²) < 4.78 is 55.4. The third kappa shape index (κ3) is 4.48. The van der Waals surface area contributed by atoms with E-state index in [1.54, 1.807) is 46.0 Å². The SMILES string of the molecule is CCN(CC)S(=O)(=O)c1ccc(NC)c(NS(=O)(=O)c2cc(C)ccc2C)c1. The molecule has 0 aliphatic rings. The predicted octanol–water partition coefficient (Wildman–Crippen LogP) is 3.18. The molecular formula is C19H27N3O4S2. The number of nitrogens with one attached hydrogen (secondary N) is 2. The number of hydrogen-bond donors (Lipinski definition) is 2. The Balaban J connectivity index is 2.55. The van der Waals surface area contributed by atoms with Gasteiger partial charge in [0.15, 0.2) is 0 Å². The third-order valence-electron chi connectivity index (χ3n) is 4.48. The summed E-state index contributed by atoms with van der Waals surface area (Å²) in [5, 5.41) is 2.90. The maximum Gasteiger partial charge on any atom is 0.262 e. The highest BCUT2D eigenvalue weighted by atomic mass is 32.2. The van der Waals surface area contributed by atoms with E-state index in [-0.39, 0.29) is 15.5 Å². The van der Waals surface area contributed by atoms with E-state index in [9.17, 15) is 16.8 Å². The average Bonchev–Trinajstić information content (AvgIpc) is 2.64. The zero-order chi connectivity index (χ0) is 21.1. The second-order valence-electron chi connectivity index (χ2n) is 6.42. The van der Waals surface area contributed by atoms with Gasteiger partial charge >= 0.3 is 0 Å². The van der Waals surface area contributed by atoms with E-state index in [1.165, 1.54) is 16.4 Å². The Bertz CT molecular complexity index is 1060. The van der Waals surface area contributed by atoms with E-state index in [4.69, 9.17) is 0 Å².